The number of aryl methyl sites for hydroxylation is 2. The fourth-order valence-electron chi connectivity index (χ4n) is 4.97. The molecule has 5 aromatic rings. The first-order chi connectivity index (χ1) is 19.4. The monoisotopic (exact) mass is 573 g/mol. The van der Waals surface area contributed by atoms with Gasteiger partial charge in [-0.25, -0.2) is 13.4 Å². The van der Waals surface area contributed by atoms with Gasteiger partial charge in [-0.1, -0.05) is 29.5 Å². The van der Waals surface area contributed by atoms with Crippen LogP contribution in [0.4, 0.5) is 11.5 Å². The number of fused-ring (bicyclic) bond motifs is 3. The van der Waals surface area contributed by atoms with Crippen LogP contribution in [0.3, 0.4) is 0 Å². The molecular formula is C28H23N5O5S2. The number of amides is 1. The van der Waals surface area contributed by atoms with E-state index in [-0.39, 0.29) is 11.7 Å². The minimum absolute atomic E-state index is 0.135. The van der Waals surface area contributed by atoms with Gasteiger partial charge in [0.1, 0.15) is 5.82 Å². The number of sulfonamides is 1. The summed E-state index contributed by atoms with van der Waals surface area (Å²) in [6.07, 6.45) is 1.60. The summed E-state index contributed by atoms with van der Waals surface area (Å²) in [6, 6.07) is 19.0. The Kier molecular flexibility index (Phi) is 5.75. The molecule has 3 aromatic carbocycles. The van der Waals surface area contributed by atoms with Gasteiger partial charge in [-0.05, 0) is 55.7 Å². The number of ether oxygens (including phenoxy) is 2. The second-order valence-electron chi connectivity index (χ2n) is 9.54. The van der Waals surface area contributed by atoms with Crippen LogP contribution in [0.25, 0.3) is 15.3 Å². The molecule has 0 saturated carbocycles. The number of nitrogens with zero attached hydrogens (tertiary/aromatic N) is 4. The second kappa shape index (κ2) is 9.35. The van der Waals surface area contributed by atoms with Crippen molar-refractivity contribution in [3.63, 3.8) is 0 Å². The Bertz CT molecular complexity index is 1860. The van der Waals surface area contributed by atoms with E-state index in [9.17, 15) is 13.2 Å². The van der Waals surface area contributed by atoms with Crippen LogP contribution in [-0.4, -0.2) is 42.4 Å². The molecule has 0 radical (unpaired) electrons. The van der Waals surface area contributed by atoms with Gasteiger partial charge in [0, 0.05) is 30.3 Å². The van der Waals surface area contributed by atoms with Crippen molar-refractivity contribution < 1.29 is 22.7 Å². The van der Waals surface area contributed by atoms with Gasteiger partial charge in [0.25, 0.3) is 15.9 Å². The molecule has 0 aliphatic carbocycles. The van der Waals surface area contributed by atoms with E-state index in [4.69, 9.17) is 9.47 Å². The molecule has 1 amide bonds. The summed E-state index contributed by atoms with van der Waals surface area (Å²) in [5.74, 6) is 1.37. The first-order valence-electron chi connectivity index (χ1n) is 12.7. The number of carbonyl (C=O) groups is 1. The maximum atomic E-state index is 13.5. The Labute approximate surface area is 233 Å². The lowest BCUT2D eigenvalue weighted by atomic mass is 10.0. The van der Waals surface area contributed by atoms with E-state index >= 15 is 0 Å². The molecule has 12 heteroatoms. The Morgan fingerprint density at radius 2 is 1.80 bits per heavy atom. The smallest absolute Gasteiger partial charge is 0.264 e. The fourth-order valence-corrected chi connectivity index (χ4v) is 7.46. The average Bonchev–Trinajstić information content (AvgIpc) is 3.68. The van der Waals surface area contributed by atoms with Crippen LogP contribution in [0.5, 0.6) is 11.5 Å². The summed E-state index contributed by atoms with van der Waals surface area (Å²) < 4.78 is 41.8. The van der Waals surface area contributed by atoms with Gasteiger partial charge in [0.05, 0.1) is 26.5 Å². The predicted octanol–water partition coefficient (Wildman–Crippen LogP) is 4.91. The number of aromatic nitrogens is 3. The van der Waals surface area contributed by atoms with Crippen molar-refractivity contribution in [1.82, 2.24) is 14.8 Å². The van der Waals surface area contributed by atoms with Crippen molar-refractivity contribution >= 4 is 49.0 Å². The van der Waals surface area contributed by atoms with Gasteiger partial charge < -0.3 is 14.8 Å². The van der Waals surface area contributed by atoms with E-state index in [1.54, 1.807) is 10.7 Å². The molecule has 2 aromatic heterocycles. The van der Waals surface area contributed by atoms with E-state index in [1.165, 1.54) is 39.9 Å². The molecule has 2 aliphatic heterocycles. The number of hydrogen-bond acceptors (Lipinski definition) is 8. The van der Waals surface area contributed by atoms with Crippen LogP contribution in [0.15, 0.2) is 71.6 Å². The predicted molar refractivity (Wildman–Crippen MR) is 151 cm³/mol. The topological polar surface area (TPSA) is 116 Å². The molecule has 7 rings (SSSR count). The molecule has 0 saturated heterocycles. The first-order valence-corrected chi connectivity index (χ1v) is 14.9. The standard InChI is InChI=1S/C28H23N5O5S2/c1-17-13-26(33(31-17)28-29-21-14-23-24(38-16-37-23)15-25(21)39-28)30-27(34)19-8-10-20(11-9-19)40(35,36)32-12-4-6-18-5-2-3-7-22(18)32/h2-3,5,7-11,13-15H,4,6,12,16H2,1H3,(H,30,34). The lowest BCUT2D eigenvalue weighted by molar-refractivity contribution is 0.102. The third-order valence-corrected chi connectivity index (χ3v) is 9.72. The minimum atomic E-state index is -3.77. The lowest BCUT2D eigenvalue weighted by Crippen LogP contribution is -2.35. The molecule has 0 fully saturated rings. The van der Waals surface area contributed by atoms with E-state index in [2.05, 4.69) is 15.4 Å². The normalized spacial score (nSPS) is 14.4. The highest BCUT2D eigenvalue weighted by Gasteiger charge is 2.29. The molecule has 40 heavy (non-hydrogen) atoms. The SMILES string of the molecule is Cc1cc(NC(=O)c2ccc(S(=O)(=O)N3CCCc4ccccc43)cc2)n(-c2nc3cc4c(cc3s2)OCO4)n1. The average molecular weight is 574 g/mol. The fraction of sp³-hybridized carbons (Fsp3) is 0.179. The van der Waals surface area contributed by atoms with Crippen molar-refractivity contribution in [2.75, 3.05) is 23.0 Å². The van der Waals surface area contributed by atoms with Gasteiger partial charge in [0.2, 0.25) is 11.9 Å². The largest absolute Gasteiger partial charge is 0.454 e. The Morgan fingerprint density at radius 3 is 2.62 bits per heavy atom. The van der Waals surface area contributed by atoms with Crippen LogP contribution in [-0.2, 0) is 16.4 Å². The van der Waals surface area contributed by atoms with Crippen LogP contribution < -0.4 is 19.1 Å². The van der Waals surface area contributed by atoms with E-state index < -0.39 is 15.9 Å². The molecule has 0 spiro atoms. The van der Waals surface area contributed by atoms with Crippen molar-refractivity contribution in [2.45, 2.75) is 24.7 Å². The number of carbonyl (C=O) groups excluding carboxylic acids is 1. The van der Waals surface area contributed by atoms with Crippen molar-refractivity contribution in [3.8, 4) is 16.6 Å². The third kappa shape index (κ3) is 4.16. The first kappa shape index (κ1) is 24.6. The van der Waals surface area contributed by atoms with Crippen molar-refractivity contribution in [1.29, 1.82) is 0 Å². The highest BCUT2D eigenvalue weighted by molar-refractivity contribution is 7.92. The van der Waals surface area contributed by atoms with Crippen molar-refractivity contribution in [2.24, 2.45) is 0 Å². The van der Waals surface area contributed by atoms with Gasteiger partial charge in [-0.15, -0.1) is 0 Å². The van der Waals surface area contributed by atoms with E-state index in [0.29, 0.717) is 45.9 Å². The third-order valence-electron chi connectivity index (χ3n) is 6.90. The number of rotatable bonds is 5. The number of para-hydroxylation sites is 1. The lowest BCUT2D eigenvalue weighted by Gasteiger charge is -2.30. The van der Waals surface area contributed by atoms with Crippen LogP contribution in [0.2, 0.25) is 0 Å². The highest BCUT2D eigenvalue weighted by atomic mass is 32.2. The van der Waals surface area contributed by atoms with Gasteiger partial charge in [-0.3, -0.25) is 9.10 Å². The zero-order chi connectivity index (χ0) is 27.4. The number of benzene rings is 3. The summed E-state index contributed by atoms with van der Waals surface area (Å²) in [5, 5.41) is 7.98. The quantitative estimate of drug-likeness (QED) is 0.318. The summed E-state index contributed by atoms with van der Waals surface area (Å²) in [5.41, 5.74) is 3.48. The zero-order valence-electron chi connectivity index (χ0n) is 21.3. The molecule has 0 bridgehead atoms. The highest BCUT2D eigenvalue weighted by Crippen LogP contribution is 2.39. The molecule has 202 valence electrons. The molecule has 1 N–H and O–H groups in total. The second-order valence-corrected chi connectivity index (χ2v) is 12.4. The molecule has 4 heterocycles. The number of anilines is 2. The summed E-state index contributed by atoms with van der Waals surface area (Å²) in [4.78, 5) is 18.0. The maximum absolute atomic E-state index is 13.5. The number of thiazole rings is 1. The van der Waals surface area contributed by atoms with Gasteiger partial charge >= 0.3 is 0 Å². The van der Waals surface area contributed by atoms with Gasteiger partial charge in [0.15, 0.2) is 11.5 Å². The van der Waals surface area contributed by atoms with Crippen LogP contribution >= 0.6 is 11.3 Å². The number of hydrogen-bond donors (Lipinski definition) is 1. The summed E-state index contributed by atoms with van der Waals surface area (Å²) >= 11 is 1.41. The molecule has 10 nitrogen and oxygen atoms in total. The van der Waals surface area contributed by atoms with Crippen molar-refractivity contribution in [3.05, 3.63) is 83.6 Å². The number of nitrogens with one attached hydrogen (secondary N) is 1. The molecule has 2 aliphatic rings. The summed E-state index contributed by atoms with van der Waals surface area (Å²) in [6.45, 7) is 2.43. The van der Waals surface area contributed by atoms with Gasteiger partial charge in [-0.2, -0.15) is 9.78 Å². The Hall–Kier alpha value is -4.42. The Balaban J connectivity index is 1.13. The molecular weight excluding hydrogens is 550 g/mol. The van der Waals surface area contributed by atoms with Crippen LogP contribution in [0.1, 0.15) is 28.0 Å². The maximum Gasteiger partial charge on any atom is 0.264 e. The van der Waals surface area contributed by atoms with Crippen LogP contribution in [0, 0.1) is 6.92 Å². The zero-order valence-corrected chi connectivity index (χ0v) is 23.0. The summed E-state index contributed by atoms with van der Waals surface area (Å²) in [7, 11) is -3.77. The van der Waals surface area contributed by atoms with E-state index in [1.807, 2.05) is 43.3 Å². The Morgan fingerprint density at radius 1 is 1.02 bits per heavy atom. The molecule has 0 atom stereocenters. The van der Waals surface area contributed by atoms with E-state index in [0.717, 1.165) is 28.6 Å². The molecule has 0 unspecified atom stereocenters. The minimum Gasteiger partial charge on any atom is -0.454 e.